The lowest BCUT2D eigenvalue weighted by Crippen LogP contribution is -2.31. The second-order valence-electron chi connectivity index (χ2n) is 5.34. The lowest BCUT2D eigenvalue weighted by molar-refractivity contribution is 0.100. The Kier molecular flexibility index (Phi) is 5.53. The number of anilines is 1. The highest BCUT2D eigenvalue weighted by Gasteiger charge is 2.25. The second-order valence-corrected chi connectivity index (χ2v) is 7.25. The third-order valence-corrected chi connectivity index (χ3v) is 4.73. The Morgan fingerprint density at radius 1 is 1.08 bits per heavy atom. The maximum atomic E-state index is 12.4. The molecule has 0 aliphatic carbocycles. The van der Waals surface area contributed by atoms with E-state index >= 15 is 0 Å². The smallest absolute Gasteiger partial charge is 0.250 e. The molecule has 8 heteroatoms. The summed E-state index contributed by atoms with van der Waals surface area (Å²) in [5, 5.41) is 0. The van der Waals surface area contributed by atoms with Crippen LogP contribution < -0.4 is 19.5 Å². The number of methoxy groups -OCH3 is 2. The molecule has 0 aliphatic heterocycles. The van der Waals surface area contributed by atoms with Crippen LogP contribution in [0.2, 0.25) is 0 Å². The van der Waals surface area contributed by atoms with E-state index in [1.165, 1.54) is 26.4 Å². The Hall–Kier alpha value is -2.74. The van der Waals surface area contributed by atoms with Crippen molar-refractivity contribution in [1.29, 1.82) is 0 Å². The Morgan fingerprint density at radius 3 is 2.12 bits per heavy atom. The molecule has 2 aromatic carbocycles. The number of rotatable bonds is 7. The molecule has 1 amide bonds. The summed E-state index contributed by atoms with van der Waals surface area (Å²) < 4.78 is 36.2. The summed E-state index contributed by atoms with van der Waals surface area (Å²) in [4.78, 5) is 11.9. The number of sulfonamides is 1. The molecule has 0 heterocycles. The van der Waals surface area contributed by atoms with Gasteiger partial charge in [0.25, 0.3) is 5.91 Å². The first kappa shape index (κ1) is 18.6. The number of amides is 1. The molecule has 2 N–H and O–H groups in total. The molecule has 0 fully saturated rings. The Labute approximate surface area is 147 Å². The van der Waals surface area contributed by atoms with Gasteiger partial charge in [0.15, 0.2) is 11.5 Å². The van der Waals surface area contributed by atoms with Gasteiger partial charge in [0.1, 0.15) is 0 Å². The molecule has 0 spiro atoms. The van der Waals surface area contributed by atoms with Gasteiger partial charge in [-0.25, -0.2) is 8.42 Å². The van der Waals surface area contributed by atoms with Crippen LogP contribution in [0.5, 0.6) is 11.5 Å². The van der Waals surface area contributed by atoms with Gasteiger partial charge in [-0.2, -0.15) is 0 Å². The Bertz CT molecular complexity index is 866. The molecule has 0 atom stereocenters. The summed E-state index contributed by atoms with van der Waals surface area (Å²) in [7, 11) is -0.846. The monoisotopic (exact) mass is 364 g/mol. The number of benzene rings is 2. The van der Waals surface area contributed by atoms with Crippen LogP contribution in [-0.4, -0.2) is 34.8 Å². The standard InChI is InChI=1S/C17H20N2O5S/c1-23-15-9-13(17(18)20)14(10-16(15)24-2)19(25(3,21)22)11-12-7-5-4-6-8-12/h4-10H,11H2,1-3H3,(H2,18,20). The van der Waals surface area contributed by atoms with Crippen molar-refractivity contribution in [3.8, 4) is 11.5 Å². The molecular weight excluding hydrogens is 344 g/mol. The molecule has 0 radical (unpaired) electrons. The van der Waals surface area contributed by atoms with E-state index in [4.69, 9.17) is 15.2 Å². The number of primary amides is 1. The number of hydrogen-bond acceptors (Lipinski definition) is 5. The molecule has 0 aliphatic rings. The van der Waals surface area contributed by atoms with Crippen LogP contribution in [0.25, 0.3) is 0 Å². The van der Waals surface area contributed by atoms with Gasteiger partial charge in [0.2, 0.25) is 10.0 Å². The maximum absolute atomic E-state index is 12.4. The van der Waals surface area contributed by atoms with Gasteiger partial charge < -0.3 is 15.2 Å². The normalized spacial score (nSPS) is 11.0. The number of hydrogen-bond donors (Lipinski definition) is 1. The molecule has 134 valence electrons. The predicted octanol–water partition coefficient (Wildman–Crippen LogP) is 1.77. The Balaban J connectivity index is 2.65. The van der Waals surface area contributed by atoms with Crippen LogP contribution in [-0.2, 0) is 16.6 Å². The van der Waals surface area contributed by atoms with Crippen molar-refractivity contribution in [3.05, 3.63) is 53.6 Å². The summed E-state index contributed by atoms with van der Waals surface area (Å²) in [5.74, 6) is -0.185. The van der Waals surface area contributed by atoms with E-state index in [1.54, 1.807) is 24.3 Å². The minimum absolute atomic E-state index is 0.0269. The largest absolute Gasteiger partial charge is 0.493 e. The van der Waals surface area contributed by atoms with Crippen LogP contribution in [0.4, 0.5) is 5.69 Å². The summed E-state index contributed by atoms with van der Waals surface area (Å²) in [6.45, 7) is 0.0510. The van der Waals surface area contributed by atoms with Gasteiger partial charge in [-0.15, -0.1) is 0 Å². The van der Waals surface area contributed by atoms with E-state index in [0.29, 0.717) is 5.75 Å². The van der Waals surface area contributed by atoms with Gasteiger partial charge in [0, 0.05) is 6.07 Å². The highest BCUT2D eigenvalue weighted by atomic mass is 32.2. The van der Waals surface area contributed by atoms with Crippen molar-refractivity contribution in [3.63, 3.8) is 0 Å². The number of ether oxygens (including phenoxy) is 2. The number of nitrogens with zero attached hydrogens (tertiary/aromatic N) is 1. The van der Waals surface area contributed by atoms with Crippen molar-refractivity contribution < 1.29 is 22.7 Å². The third-order valence-electron chi connectivity index (χ3n) is 3.61. The van der Waals surface area contributed by atoms with Gasteiger partial charge in [-0.05, 0) is 11.6 Å². The van der Waals surface area contributed by atoms with Crippen molar-refractivity contribution in [2.45, 2.75) is 6.54 Å². The predicted molar refractivity (Wildman–Crippen MR) is 95.5 cm³/mol. The van der Waals surface area contributed by atoms with E-state index < -0.39 is 15.9 Å². The topological polar surface area (TPSA) is 98.9 Å². The van der Waals surface area contributed by atoms with Crippen LogP contribution >= 0.6 is 0 Å². The molecular formula is C17H20N2O5S. The lowest BCUT2D eigenvalue weighted by Gasteiger charge is -2.25. The summed E-state index contributed by atoms with van der Waals surface area (Å²) in [6.07, 6.45) is 1.07. The molecule has 0 saturated heterocycles. The zero-order chi connectivity index (χ0) is 18.6. The first-order valence-corrected chi connectivity index (χ1v) is 9.20. The van der Waals surface area contributed by atoms with Gasteiger partial charge in [-0.1, -0.05) is 30.3 Å². The van der Waals surface area contributed by atoms with E-state index in [-0.39, 0.29) is 23.5 Å². The third kappa shape index (κ3) is 4.21. The van der Waals surface area contributed by atoms with E-state index in [2.05, 4.69) is 0 Å². The first-order chi connectivity index (χ1) is 11.8. The molecule has 0 saturated carbocycles. The van der Waals surface area contributed by atoms with Crippen LogP contribution in [0.1, 0.15) is 15.9 Å². The number of nitrogens with two attached hydrogens (primary N) is 1. The van der Waals surface area contributed by atoms with Gasteiger partial charge in [0.05, 0.1) is 38.3 Å². The molecule has 0 bridgehead atoms. The fourth-order valence-electron chi connectivity index (χ4n) is 2.40. The minimum atomic E-state index is -3.69. The van der Waals surface area contributed by atoms with Crippen LogP contribution in [0.3, 0.4) is 0 Å². The molecule has 7 nitrogen and oxygen atoms in total. The van der Waals surface area contributed by atoms with Crippen LogP contribution in [0, 0.1) is 0 Å². The fraction of sp³-hybridized carbons (Fsp3) is 0.235. The summed E-state index contributed by atoms with van der Waals surface area (Å²) >= 11 is 0. The quantitative estimate of drug-likeness (QED) is 0.807. The Morgan fingerprint density at radius 2 is 1.64 bits per heavy atom. The first-order valence-electron chi connectivity index (χ1n) is 7.35. The number of carbonyl (C=O) groups is 1. The van der Waals surface area contributed by atoms with Crippen molar-refractivity contribution in [1.82, 2.24) is 0 Å². The van der Waals surface area contributed by atoms with E-state index in [0.717, 1.165) is 16.1 Å². The zero-order valence-corrected chi connectivity index (χ0v) is 15.0. The lowest BCUT2D eigenvalue weighted by atomic mass is 10.1. The second kappa shape index (κ2) is 7.43. The van der Waals surface area contributed by atoms with Crippen molar-refractivity contribution >= 4 is 21.6 Å². The molecule has 0 aromatic heterocycles. The summed E-state index contributed by atoms with van der Waals surface area (Å²) in [5.41, 5.74) is 6.37. The van der Waals surface area contributed by atoms with E-state index in [1.807, 2.05) is 6.07 Å². The van der Waals surface area contributed by atoms with E-state index in [9.17, 15) is 13.2 Å². The SMILES string of the molecule is COc1cc(C(N)=O)c(N(Cc2ccccc2)S(C)(=O)=O)cc1OC. The molecule has 2 aromatic rings. The maximum Gasteiger partial charge on any atom is 0.250 e. The minimum Gasteiger partial charge on any atom is -0.493 e. The molecule has 2 rings (SSSR count). The average Bonchev–Trinajstić information content (AvgIpc) is 2.58. The van der Waals surface area contributed by atoms with Gasteiger partial charge in [-0.3, -0.25) is 9.10 Å². The van der Waals surface area contributed by atoms with Gasteiger partial charge >= 0.3 is 0 Å². The van der Waals surface area contributed by atoms with Crippen molar-refractivity contribution in [2.75, 3.05) is 24.8 Å². The molecule has 25 heavy (non-hydrogen) atoms. The highest BCUT2D eigenvalue weighted by Crippen LogP contribution is 2.36. The molecule has 0 unspecified atom stereocenters. The zero-order valence-electron chi connectivity index (χ0n) is 14.2. The fourth-order valence-corrected chi connectivity index (χ4v) is 3.29. The van der Waals surface area contributed by atoms with Crippen LogP contribution in [0.15, 0.2) is 42.5 Å². The number of carbonyl (C=O) groups excluding carboxylic acids is 1. The summed E-state index contributed by atoms with van der Waals surface area (Å²) in [6, 6.07) is 11.8. The average molecular weight is 364 g/mol. The highest BCUT2D eigenvalue weighted by molar-refractivity contribution is 7.92. The van der Waals surface area contributed by atoms with Crippen molar-refractivity contribution in [2.24, 2.45) is 5.73 Å².